The van der Waals surface area contributed by atoms with Gasteiger partial charge in [0.2, 0.25) is 5.95 Å². The normalized spacial score (nSPS) is 11.1. The highest BCUT2D eigenvalue weighted by Crippen LogP contribution is 2.20. The van der Waals surface area contributed by atoms with Crippen molar-refractivity contribution in [3.8, 4) is 0 Å². The highest BCUT2D eigenvalue weighted by Gasteiger charge is 2.11. The molecule has 0 N–H and O–H groups in total. The van der Waals surface area contributed by atoms with Crippen molar-refractivity contribution in [2.24, 2.45) is 0 Å². The third-order valence-corrected chi connectivity index (χ3v) is 2.27. The Balaban J connectivity index is 2.94. The van der Waals surface area contributed by atoms with Crippen LogP contribution in [0.2, 0.25) is 5.15 Å². The van der Waals surface area contributed by atoms with E-state index in [1.54, 1.807) is 6.92 Å². The molecule has 13 heavy (non-hydrogen) atoms. The highest BCUT2D eigenvalue weighted by molar-refractivity contribution is 9.10. The minimum atomic E-state index is -0.417. The zero-order valence-electron chi connectivity index (χ0n) is 6.55. The van der Waals surface area contributed by atoms with Crippen LogP contribution in [0, 0.1) is 12.9 Å². The molecule has 0 aliphatic carbocycles. The van der Waals surface area contributed by atoms with Gasteiger partial charge in [-0.15, -0.1) is 0 Å². The Morgan fingerprint density at radius 2 is 2.23 bits per heavy atom. The molecule has 0 aromatic carbocycles. The summed E-state index contributed by atoms with van der Waals surface area (Å²) in [7, 11) is 0. The van der Waals surface area contributed by atoms with Gasteiger partial charge in [0, 0.05) is 6.20 Å². The Labute approximate surface area is 86.7 Å². The molecule has 2 aromatic rings. The predicted molar refractivity (Wildman–Crippen MR) is 50.4 cm³/mol. The fourth-order valence-corrected chi connectivity index (χ4v) is 1.78. The van der Waals surface area contributed by atoms with Gasteiger partial charge in [-0.3, -0.25) is 4.40 Å². The van der Waals surface area contributed by atoms with Crippen molar-refractivity contribution in [1.29, 1.82) is 0 Å². The van der Waals surface area contributed by atoms with Crippen LogP contribution >= 0.6 is 27.5 Å². The van der Waals surface area contributed by atoms with Crippen LogP contribution in [0.5, 0.6) is 0 Å². The van der Waals surface area contributed by atoms with Gasteiger partial charge in [0.15, 0.2) is 10.8 Å². The van der Waals surface area contributed by atoms with Gasteiger partial charge >= 0.3 is 0 Å². The third kappa shape index (κ3) is 1.32. The lowest BCUT2D eigenvalue weighted by Gasteiger charge is -1.96. The molecule has 0 spiro atoms. The van der Waals surface area contributed by atoms with Crippen LogP contribution in [0.1, 0.15) is 5.69 Å². The molecule has 2 aromatic heterocycles. The van der Waals surface area contributed by atoms with Gasteiger partial charge in [-0.05, 0) is 22.9 Å². The Morgan fingerprint density at radius 3 is 2.92 bits per heavy atom. The molecule has 0 aliphatic rings. The molecule has 3 nitrogen and oxygen atoms in total. The lowest BCUT2D eigenvalue weighted by molar-refractivity contribution is 0.563. The third-order valence-electron chi connectivity index (χ3n) is 1.64. The van der Waals surface area contributed by atoms with Crippen LogP contribution in [0.3, 0.4) is 0 Å². The van der Waals surface area contributed by atoms with Crippen molar-refractivity contribution in [3.05, 3.63) is 27.6 Å². The molecule has 2 heterocycles. The van der Waals surface area contributed by atoms with E-state index in [2.05, 4.69) is 25.9 Å². The second kappa shape index (κ2) is 2.92. The minimum Gasteiger partial charge on any atom is -0.271 e. The smallest absolute Gasteiger partial charge is 0.221 e. The van der Waals surface area contributed by atoms with Gasteiger partial charge in [0.05, 0.1) is 5.69 Å². The maximum Gasteiger partial charge on any atom is 0.221 e. The number of hydrogen-bond donors (Lipinski definition) is 0. The summed E-state index contributed by atoms with van der Waals surface area (Å²) in [5.74, 6) is -0.417. The molecule has 0 aliphatic heterocycles. The van der Waals surface area contributed by atoms with Crippen LogP contribution in [0.25, 0.3) is 5.65 Å². The van der Waals surface area contributed by atoms with E-state index < -0.39 is 5.95 Å². The first kappa shape index (κ1) is 8.90. The van der Waals surface area contributed by atoms with E-state index in [0.29, 0.717) is 15.9 Å². The summed E-state index contributed by atoms with van der Waals surface area (Å²) < 4.78 is 15.0. The van der Waals surface area contributed by atoms with Gasteiger partial charge < -0.3 is 0 Å². The summed E-state index contributed by atoms with van der Waals surface area (Å²) in [6.07, 6.45) is 1.48. The first-order valence-electron chi connectivity index (χ1n) is 3.46. The summed E-state index contributed by atoms with van der Waals surface area (Å²) in [6, 6.07) is 0. The minimum absolute atomic E-state index is 0.182. The Morgan fingerprint density at radius 1 is 1.54 bits per heavy atom. The largest absolute Gasteiger partial charge is 0.271 e. The Bertz CT molecular complexity index is 482. The van der Waals surface area contributed by atoms with Crippen LogP contribution in [-0.2, 0) is 0 Å². The molecule has 0 fully saturated rings. The monoisotopic (exact) mass is 263 g/mol. The van der Waals surface area contributed by atoms with E-state index in [4.69, 9.17) is 11.6 Å². The first-order chi connectivity index (χ1) is 6.09. The van der Waals surface area contributed by atoms with Crippen molar-refractivity contribution in [2.45, 2.75) is 6.92 Å². The fourth-order valence-electron chi connectivity index (χ4n) is 1.07. The van der Waals surface area contributed by atoms with Crippen LogP contribution in [0.4, 0.5) is 4.39 Å². The summed E-state index contributed by atoms with van der Waals surface area (Å²) in [6.45, 7) is 1.58. The summed E-state index contributed by atoms with van der Waals surface area (Å²) >= 11 is 8.87. The number of halogens is 3. The molecule has 2 rings (SSSR count). The van der Waals surface area contributed by atoms with E-state index in [0.717, 1.165) is 0 Å². The molecule has 6 heteroatoms. The van der Waals surface area contributed by atoms with Crippen molar-refractivity contribution >= 4 is 33.2 Å². The molecular weight excluding hydrogens is 260 g/mol. The lowest BCUT2D eigenvalue weighted by Crippen LogP contribution is -1.91. The van der Waals surface area contributed by atoms with Crippen LogP contribution in [0.15, 0.2) is 10.8 Å². The zero-order chi connectivity index (χ0) is 9.59. The molecule has 0 saturated heterocycles. The summed E-state index contributed by atoms with van der Waals surface area (Å²) in [5.41, 5.74) is 0.640. The van der Waals surface area contributed by atoms with Gasteiger partial charge in [-0.25, -0.2) is 9.97 Å². The quantitative estimate of drug-likeness (QED) is 0.732. The topological polar surface area (TPSA) is 30.2 Å². The fraction of sp³-hybridized carbons (Fsp3) is 0.143. The number of hydrogen-bond acceptors (Lipinski definition) is 2. The Kier molecular flexibility index (Phi) is 2.00. The molecular formula is C7H4BrClFN3. The molecule has 0 radical (unpaired) electrons. The highest BCUT2D eigenvalue weighted by atomic mass is 79.9. The van der Waals surface area contributed by atoms with E-state index in [1.807, 2.05) is 0 Å². The van der Waals surface area contributed by atoms with Crippen molar-refractivity contribution in [1.82, 2.24) is 14.4 Å². The number of imidazole rings is 1. The van der Waals surface area contributed by atoms with E-state index >= 15 is 0 Å². The second-order valence-corrected chi connectivity index (χ2v) is 3.71. The van der Waals surface area contributed by atoms with Crippen molar-refractivity contribution < 1.29 is 4.39 Å². The second-order valence-electron chi connectivity index (χ2n) is 2.54. The van der Waals surface area contributed by atoms with Gasteiger partial charge in [0.1, 0.15) is 4.60 Å². The molecule has 0 bridgehead atoms. The van der Waals surface area contributed by atoms with E-state index in [-0.39, 0.29) is 5.15 Å². The molecule has 68 valence electrons. The number of rotatable bonds is 0. The predicted octanol–water partition coefficient (Wildman–Crippen LogP) is 2.59. The first-order valence-corrected chi connectivity index (χ1v) is 4.63. The maximum atomic E-state index is 13.3. The van der Waals surface area contributed by atoms with Crippen LogP contribution in [-0.4, -0.2) is 14.4 Å². The SMILES string of the molecule is Cc1nc2c(Cl)nc(Br)cn2c1F. The molecule has 0 amide bonds. The van der Waals surface area contributed by atoms with Gasteiger partial charge in [-0.2, -0.15) is 4.39 Å². The number of fused-ring (bicyclic) bond motifs is 1. The van der Waals surface area contributed by atoms with Crippen LogP contribution < -0.4 is 0 Å². The number of aromatic nitrogens is 3. The molecule has 0 unspecified atom stereocenters. The average molecular weight is 264 g/mol. The van der Waals surface area contributed by atoms with Crippen molar-refractivity contribution in [3.63, 3.8) is 0 Å². The Hall–Kier alpha value is -0.680. The van der Waals surface area contributed by atoms with E-state index in [1.165, 1.54) is 10.6 Å². The maximum absolute atomic E-state index is 13.3. The zero-order valence-corrected chi connectivity index (χ0v) is 8.89. The number of nitrogens with zero attached hydrogens (tertiary/aromatic N) is 3. The van der Waals surface area contributed by atoms with E-state index in [9.17, 15) is 4.39 Å². The summed E-state index contributed by atoms with van der Waals surface area (Å²) in [4.78, 5) is 7.81. The lowest BCUT2D eigenvalue weighted by atomic mass is 10.5. The number of aryl methyl sites for hydroxylation is 1. The molecule has 0 saturated carbocycles. The van der Waals surface area contributed by atoms with Gasteiger partial charge in [0.25, 0.3) is 0 Å². The summed E-state index contributed by atoms with van der Waals surface area (Å²) in [5, 5.41) is 0.182. The van der Waals surface area contributed by atoms with Gasteiger partial charge in [-0.1, -0.05) is 11.6 Å². The standard InChI is InChI=1S/C7H4BrClFN3/c1-3-6(10)13-2-4(8)12-5(9)7(13)11-3/h2H,1H3. The van der Waals surface area contributed by atoms with Crippen molar-refractivity contribution in [2.75, 3.05) is 0 Å². The molecule has 0 atom stereocenters. The average Bonchev–Trinajstić information content (AvgIpc) is 2.32.